The van der Waals surface area contributed by atoms with Gasteiger partial charge in [0.05, 0.1) is 11.9 Å². The van der Waals surface area contributed by atoms with E-state index in [1.165, 1.54) is 6.42 Å². The molecule has 0 saturated carbocycles. The monoisotopic (exact) mass is 255 g/mol. The summed E-state index contributed by atoms with van der Waals surface area (Å²) in [5.41, 5.74) is 0. The Bertz CT molecular complexity index is 342. The second-order valence-electron chi connectivity index (χ2n) is 4.40. The highest BCUT2D eigenvalue weighted by molar-refractivity contribution is 7.99. The van der Waals surface area contributed by atoms with Crippen molar-refractivity contribution in [3.05, 3.63) is 12.4 Å². The first-order valence-corrected chi connectivity index (χ1v) is 7.14. The first-order chi connectivity index (χ1) is 8.31. The Kier molecular flexibility index (Phi) is 4.88. The Hall–Kier alpha value is -0.520. The fourth-order valence-corrected chi connectivity index (χ4v) is 3.17. The Morgan fingerprint density at radius 2 is 2.53 bits per heavy atom. The summed E-state index contributed by atoms with van der Waals surface area (Å²) in [6.45, 7) is 4.98. The van der Waals surface area contributed by atoms with Gasteiger partial charge in [-0.3, -0.25) is 0 Å². The molecule has 1 saturated heterocycles. The third-order valence-corrected chi connectivity index (χ3v) is 4.37. The number of thioether (sulfide) groups is 1. The Morgan fingerprint density at radius 3 is 3.24 bits per heavy atom. The lowest BCUT2D eigenvalue weighted by Crippen LogP contribution is -2.45. The molecule has 17 heavy (non-hydrogen) atoms. The number of ether oxygens (including phenoxy) is 1. The molecule has 0 amide bonds. The predicted molar refractivity (Wildman–Crippen MR) is 70.4 cm³/mol. The maximum atomic E-state index is 5.58. The molecule has 0 aromatic carbocycles. The lowest BCUT2D eigenvalue weighted by atomic mass is 10.1. The van der Waals surface area contributed by atoms with E-state index in [0.717, 1.165) is 31.3 Å². The van der Waals surface area contributed by atoms with E-state index in [-0.39, 0.29) is 0 Å². The molecule has 1 aromatic rings. The molecule has 2 unspecified atom stereocenters. The molecule has 1 aromatic heterocycles. The highest BCUT2D eigenvalue weighted by Gasteiger charge is 2.27. The molecule has 1 aliphatic heterocycles. The van der Waals surface area contributed by atoms with Crippen molar-refractivity contribution in [3.63, 3.8) is 0 Å². The molecular weight excluding hydrogens is 234 g/mol. The van der Waals surface area contributed by atoms with Gasteiger partial charge in [0.1, 0.15) is 0 Å². The van der Waals surface area contributed by atoms with Gasteiger partial charge in [-0.1, -0.05) is 18.7 Å². The minimum atomic E-state index is 0.469. The lowest BCUT2D eigenvalue weighted by molar-refractivity contribution is 0.0832. The van der Waals surface area contributed by atoms with Crippen molar-refractivity contribution in [1.82, 2.24) is 14.9 Å². The Morgan fingerprint density at radius 1 is 1.65 bits per heavy atom. The number of nitrogens with one attached hydrogen (secondary N) is 1. The summed E-state index contributed by atoms with van der Waals surface area (Å²) in [6.07, 6.45) is 6.11. The van der Waals surface area contributed by atoms with Crippen molar-refractivity contribution >= 4 is 11.8 Å². The fourth-order valence-electron chi connectivity index (χ4n) is 1.99. The number of hydrogen-bond acceptors (Lipinski definition) is 4. The van der Waals surface area contributed by atoms with Crippen LogP contribution >= 0.6 is 11.8 Å². The van der Waals surface area contributed by atoms with Crippen molar-refractivity contribution < 1.29 is 4.74 Å². The molecule has 0 aliphatic carbocycles. The number of imidazole rings is 1. The van der Waals surface area contributed by atoms with Crippen molar-refractivity contribution in [3.8, 4) is 0 Å². The number of hydrogen-bond donors (Lipinski definition) is 1. The molecule has 96 valence electrons. The van der Waals surface area contributed by atoms with Crippen LogP contribution in [0.4, 0.5) is 0 Å². The van der Waals surface area contributed by atoms with Gasteiger partial charge in [0.15, 0.2) is 5.16 Å². The molecule has 1 N–H and O–H groups in total. The molecule has 2 heterocycles. The highest BCUT2D eigenvalue weighted by Crippen LogP contribution is 2.27. The fraction of sp³-hybridized carbons (Fsp3) is 0.750. The van der Waals surface area contributed by atoms with Crippen LogP contribution in [0.3, 0.4) is 0 Å². The molecule has 0 bridgehead atoms. The van der Waals surface area contributed by atoms with E-state index < -0.39 is 0 Å². The molecule has 1 fully saturated rings. The zero-order valence-corrected chi connectivity index (χ0v) is 11.4. The van der Waals surface area contributed by atoms with Crippen molar-refractivity contribution in [2.24, 2.45) is 7.05 Å². The zero-order chi connectivity index (χ0) is 12.1. The normalized spacial score (nSPS) is 25.1. The molecule has 5 heteroatoms. The summed E-state index contributed by atoms with van der Waals surface area (Å²) < 4.78 is 7.65. The van der Waals surface area contributed by atoms with Crippen molar-refractivity contribution in [2.45, 2.75) is 36.2 Å². The third-order valence-electron chi connectivity index (χ3n) is 2.99. The van der Waals surface area contributed by atoms with E-state index >= 15 is 0 Å². The molecule has 0 radical (unpaired) electrons. The van der Waals surface area contributed by atoms with Gasteiger partial charge >= 0.3 is 0 Å². The molecule has 1 aliphatic rings. The Labute approximate surface area is 107 Å². The number of rotatable bonds is 5. The van der Waals surface area contributed by atoms with E-state index in [2.05, 4.69) is 21.8 Å². The third kappa shape index (κ3) is 3.47. The molecule has 2 atom stereocenters. The van der Waals surface area contributed by atoms with Crippen LogP contribution in [0.5, 0.6) is 0 Å². The van der Waals surface area contributed by atoms with Crippen LogP contribution in [0.1, 0.15) is 19.8 Å². The van der Waals surface area contributed by atoms with Crippen molar-refractivity contribution in [1.29, 1.82) is 0 Å². The average molecular weight is 255 g/mol. The number of nitrogens with zero attached hydrogens (tertiary/aromatic N) is 2. The van der Waals surface area contributed by atoms with Crippen LogP contribution in [-0.4, -0.2) is 40.6 Å². The Balaban J connectivity index is 1.94. The highest BCUT2D eigenvalue weighted by atomic mass is 32.2. The van der Waals surface area contributed by atoms with Gasteiger partial charge in [0.25, 0.3) is 0 Å². The van der Waals surface area contributed by atoms with Crippen LogP contribution in [-0.2, 0) is 11.8 Å². The van der Waals surface area contributed by atoms with Crippen LogP contribution < -0.4 is 5.32 Å². The van der Waals surface area contributed by atoms with E-state index in [0.29, 0.717) is 11.3 Å². The smallest absolute Gasteiger partial charge is 0.168 e. The van der Waals surface area contributed by atoms with Crippen LogP contribution in [0.2, 0.25) is 0 Å². The standard InChI is InChI=1S/C12H21N3OS/c1-3-5-13-10-4-8-16-9-11(10)17-12-14-6-7-15(12)2/h6-7,10-11,13H,3-5,8-9H2,1-2H3. The largest absolute Gasteiger partial charge is 0.380 e. The minimum Gasteiger partial charge on any atom is -0.380 e. The van der Waals surface area contributed by atoms with E-state index in [9.17, 15) is 0 Å². The summed E-state index contributed by atoms with van der Waals surface area (Å²) in [6, 6.07) is 0.547. The predicted octanol–water partition coefficient (Wildman–Crippen LogP) is 1.67. The molecular formula is C12H21N3OS. The van der Waals surface area contributed by atoms with E-state index in [1.807, 2.05) is 31.2 Å². The zero-order valence-electron chi connectivity index (χ0n) is 10.6. The maximum Gasteiger partial charge on any atom is 0.168 e. The minimum absolute atomic E-state index is 0.469. The van der Waals surface area contributed by atoms with E-state index in [4.69, 9.17) is 4.74 Å². The molecule has 2 rings (SSSR count). The van der Waals surface area contributed by atoms with Gasteiger partial charge in [0.2, 0.25) is 0 Å². The average Bonchev–Trinajstić information content (AvgIpc) is 2.74. The maximum absolute atomic E-state index is 5.58. The first kappa shape index (κ1) is 12.9. The van der Waals surface area contributed by atoms with Crippen molar-refractivity contribution in [2.75, 3.05) is 19.8 Å². The van der Waals surface area contributed by atoms with Gasteiger partial charge < -0.3 is 14.6 Å². The summed E-state index contributed by atoms with van der Waals surface area (Å²) >= 11 is 1.82. The van der Waals surface area contributed by atoms with Gasteiger partial charge in [0, 0.05) is 32.1 Å². The SMILES string of the molecule is CCCNC1CCOCC1Sc1nccn1C. The van der Waals surface area contributed by atoms with Gasteiger partial charge in [-0.05, 0) is 19.4 Å². The molecule has 0 spiro atoms. The summed E-state index contributed by atoms with van der Waals surface area (Å²) in [4.78, 5) is 4.37. The molecule has 4 nitrogen and oxygen atoms in total. The summed E-state index contributed by atoms with van der Waals surface area (Å²) in [5, 5.41) is 5.16. The van der Waals surface area contributed by atoms with Gasteiger partial charge in [-0.25, -0.2) is 4.98 Å². The van der Waals surface area contributed by atoms with Gasteiger partial charge in [-0.2, -0.15) is 0 Å². The lowest BCUT2D eigenvalue weighted by Gasteiger charge is -2.31. The number of aromatic nitrogens is 2. The van der Waals surface area contributed by atoms with Crippen LogP contribution in [0.25, 0.3) is 0 Å². The quantitative estimate of drug-likeness (QED) is 0.869. The van der Waals surface area contributed by atoms with E-state index in [1.54, 1.807) is 0 Å². The van der Waals surface area contributed by atoms with Crippen LogP contribution in [0.15, 0.2) is 17.6 Å². The first-order valence-electron chi connectivity index (χ1n) is 6.26. The topological polar surface area (TPSA) is 39.1 Å². The van der Waals surface area contributed by atoms with Crippen LogP contribution in [0, 0.1) is 0 Å². The second-order valence-corrected chi connectivity index (χ2v) is 5.61. The van der Waals surface area contributed by atoms with Gasteiger partial charge in [-0.15, -0.1) is 0 Å². The summed E-state index contributed by atoms with van der Waals surface area (Å²) in [7, 11) is 2.04. The summed E-state index contributed by atoms with van der Waals surface area (Å²) in [5.74, 6) is 0. The number of aryl methyl sites for hydroxylation is 1. The second kappa shape index (κ2) is 6.42.